The summed E-state index contributed by atoms with van der Waals surface area (Å²) >= 11 is 13.8. The number of aryl methyl sites for hydroxylation is 1. The highest BCUT2D eigenvalue weighted by Gasteiger charge is 2.34. The number of nitrogens with zero attached hydrogens (tertiary/aromatic N) is 2. The molecule has 0 spiro atoms. The molecule has 1 aromatic heterocycles. The van der Waals surface area contributed by atoms with Crippen LogP contribution in [0.3, 0.4) is 0 Å². The first-order chi connectivity index (χ1) is 15.5. The lowest BCUT2D eigenvalue weighted by Crippen LogP contribution is -2.14. The van der Waals surface area contributed by atoms with E-state index in [0.717, 1.165) is 31.8 Å². The van der Waals surface area contributed by atoms with Crippen molar-refractivity contribution in [3.05, 3.63) is 110 Å². The first-order valence-corrected chi connectivity index (χ1v) is 11.5. The maximum Gasteiger partial charge on any atom is 0.234 e. The average Bonchev–Trinajstić information content (AvgIpc) is 3.18. The number of hydrogen-bond acceptors (Lipinski definition) is 4. The molecule has 1 aliphatic rings. The standard InChI is InChI=1S/C26H16Cl2N2OS/c1-15-3-2-4-20-23-25(32-24(15)20)22(17-7-11-19(28)12-8-17)21(13-29)26(31-23)30-14-16-5-9-18(27)10-6-16/h2-12,14,22H,1H3/b30-14+. The van der Waals surface area contributed by atoms with Gasteiger partial charge in [0.1, 0.15) is 11.6 Å². The monoisotopic (exact) mass is 474 g/mol. The van der Waals surface area contributed by atoms with E-state index in [1.807, 2.05) is 42.5 Å². The fraction of sp³-hybridized carbons (Fsp3) is 0.0769. The molecule has 0 aliphatic carbocycles. The van der Waals surface area contributed by atoms with E-state index < -0.39 is 0 Å². The number of rotatable bonds is 3. The van der Waals surface area contributed by atoms with Gasteiger partial charge in [-0.25, -0.2) is 4.99 Å². The molecule has 1 aliphatic heterocycles. The van der Waals surface area contributed by atoms with E-state index in [1.54, 1.807) is 29.7 Å². The van der Waals surface area contributed by atoms with Crippen molar-refractivity contribution >= 4 is 50.8 Å². The zero-order chi connectivity index (χ0) is 22.2. The van der Waals surface area contributed by atoms with Crippen molar-refractivity contribution < 1.29 is 4.74 Å². The van der Waals surface area contributed by atoms with Crippen molar-refractivity contribution in [1.82, 2.24) is 0 Å². The van der Waals surface area contributed by atoms with Gasteiger partial charge in [-0.05, 0) is 53.9 Å². The zero-order valence-electron chi connectivity index (χ0n) is 17.0. The predicted octanol–water partition coefficient (Wildman–Crippen LogP) is 7.90. The normalized spacial score (nSPS) is 15.6. The summed E-state index contributed by atoms with van der Waals surface area (Å²) in [6.07, 6.45) is 1.69. The average molecular weight is 475 g/mol. The van der Waals surface area contributed by atoms with Crippen LogP contribution in [0, 0.1) is 18.3 Å². The lowest BCUT2D eigenvalue weighted by Gasteiger charge is -2.24. The van der Waals surface area contributed by atoms with Gasteiger partial charge in [-0.3, -0.25) is 0 Å². The highest BCUT2D eigenvalue weighted by Crippen LogP contribution is 2.51. The Kier molecular flexibility index (Phi) is 5.48. The second kappa shape index (κ2) is 8.44. The third-order valence-corrected chi connectivity index (χ3v) is 7.29. The maximum absolute atomic E-state index is 10.1. The number of fused-ring (bicyclic) bond motifs is 3. The third kappa shape index (κ3) is 3.69. The van der Waals surface area contributed by atoms with Crippen LogP contribution in [0.4, 0.5) is 0 Å². The van der Waals surface area contributed by atoms with E-state index >= 15 is 0 Å². The number of ether oxygens (including phenoxy) is 1. The number of allylic oxidation sites excluding steroid dienone is 1. The van der Waals surface area contributed by atoms with Crippen LogP contribution in [0.25, 0.3) is 10.1 Å². The first kappa shape index (κ1) is 20.8. The van der Waals surface area contributed by atoms with Crippen LogP contribution in [-0.4, -0.2) is 6.21 Å². The summed E-state index contributed by atoms with van der Waals surface area (Å²) in [5.74, 6) is 0.780. The van der Waals surface area contributed by atoms with Crippen LogP contribution in [-0.2, 0) is 0 Å². The molecule has 4 aromatic rings. The molecule has 156 valence electrons. The largest absolute Gasteiger partial charge is 0.436 e. The number of thiophene rings is 1. The molecule has 32 heavy (non-hydrogen) atoms. The summed E-state index contributed by atoms with van der Waals surface area (Å²) in [5.41, 5.74) is 3.47. The summed E-state index contributed by atoms with van der Waals surface area (Å²) in [7, 11) is 0. The van der Waals surface area contributed by atoms with Gasteiger partial charge in [0.05, 0.1) is 10.8 Å². The number of benzene rings is 3. The quantitative estimate of drug-likeness (QED) is 0.283. The Hall–Kier alpha value is -3.10. The van der Waals surface area contributed by atoms with Gasteiger partial charge in [0, 0.05) is 26.3 Å². The van der Waals surface area contributed by atoms with E-state index in [-0.39, 0.29) is 5.92 Å². The van der Waals surface area contributed by atoms with Crippen LogP contribution in [0.5, 0.6) is 5.75 Å². The van der Waals surface area contributed by atoms with Crippen molar-refractivity contribution in [2.24, 2.45) is 4.99 Å². The molecule has 5 rings (SSSR count). The van der Waals surface area contributed by atoms with Crippen molar-refractivity contribution in [2.75, 3.05) is 0 Å². The number of halogens is 2. The number of hydrogen-bond donors (Lipinski definition) is 0. The summed E-state index contributed by atoms with van der Waals surface area (Å²) < 4.78 is 7.43. The van der Waals surface area contributed by atoms with Crippen molar-refractivity contribution in [3.8, 4) is 11.8 Å². The first-order valence-electron chi connectivity index (χ1n) is 9.94. The fourth-order valence-corrected chi connectivity index (χ4v) is 5.41. The molecule has 0 N–H and O–H groups in total. The summed E-state index contributed by atoms with van der Waals surface area (Å²) in [6.45, 7) is 2.08. The van der Waals surface area contributed by atoms with Gasteiger partial charge in [0.25, 0.3) is 0 Å². The van der Waals surface area contributed by atoms with Crippen molar-refractivity contribution in [2.45, 2.75) is 12.8 Å². The second-order valence-corrected chi connectivity index (χ2v) is 9.40. The van der Waals surface area contributed by atoms with Gasteiger partial charge in [-0.2, -0.15) is 5.26 Å². The molecule has 0 saturated carbocycles. The van der Waals surface area contributed by atoms with Crippen LogP contribution in [0.15, 0.2) is 83.2 Å². The molecule has 2 heterocycles. The Morgan fingerprint density at radius 3 is 2.38 bits per heavy atom. The van der Waals surface area contributed by atoms with Crippen LogP contribution < -0.4 is 4.74 Å². The van der Waals surface area contributed by atoms with E-state index in [9.17, 15) is 5.26 Å². The minimum atomic E-state index is -0.282. The van der Waals surface area contributed by atoms with Crippen molar-refractivity contribution in [1.29, 1.82) is 5.26 Å². The molecule has 6 heteroatoms. The molecular formula is C26H16Cl2N2OS. The highest BCUT2D eigenvalue weighted by molar-refractivity contribution is 7.19. The van der Waals surface area contributed by atoms with E-state index in [1.165, 1.54) is 5.56 Å². The topological polar surface area (TPSA) is 45.4 Å². The molecule has 0 amide bonds. The highest BCUT2D eigenvalue weighted by atomic mass is 35.5. The van der Waals surface area contributed by atoms with Gasteiger partial charge in [-0.15, -0.1) is 11.3 Å². The van der Waals surface area contributed by atoms with Crippen LogP contribution >= 0.6 is 34.5 Å². The van der Waals surface area contributed by atoms with E-state index in [2.05, 4.69) is 30.1 Å². The Bertz CT molecular complexity index is 1430. The van der Waals surface area contributed by atoms with Gasteiger partial charge in [-0.1, -0.05) is 59.6 Å². The molecule has 0 saturated heterocycles. The molecule has 0 radical (unpaired) electrons. The second-order valence-electron chi connectivity index (χ2n) is 7.47. The number of aliphatic imine (C=N–C) groups is 1. The Morgan fingerprint density at radius 1 is 1.00 bits per heavy atom. The van der Waals surface area contributed by atoms with Gasteiger partial charge in [0.2, 0.25) is 5.88 Å². The molecule has 0 fully saturated rings. The fourth-order valence-electron chi connectivity index (χ4n) is 3.82. The summed E-state index contributed by atoms with van der Waals surface area (Å²) in [4.78, 5) is 5.58. The van der Waals surface area contributed by atoms with Gasteiger partial charge < -0.3 is 4.74 Å². The third-order valence-electron chi connectivity index (χ3n) is 5.40. The lowest BCUT2D eigenvalue weighted by atomic mass is 9.88. The summed E-state index contributed by atoms with van der Waals surface area (Å²) in [6, 6.07) is 23.4. The minimum Gasteiger partial charge on any atom is -0.436 e. The van der Waals surface area contributed by atoms with Gasteiger partial charge in [0.15, 0.2) is 5.75 Å². The molecule has 1 unspecified atom stereocenters. The molecule has 3 nitrogen and oxygen atoms in total. The maximum atomic E-state index is 10.1. The predicted molar refractivity (Wildman–Crippen MR) is 132 cm³/mol. The number of nitriles is 1. The molecule has 1 atom stereocenters. The Morgan fingerprint density at radius 2 is 1.69 bits per heavy atom. The van der Waals surface area contributed by atoms with Crippen molar-refractivity contribution in [3.63, 3.8) is 0 Å². The zero-order valence-corrected chi connectivity index (χ0v) is 19.3. The van der Waals surface area contributed by atoms with Gasteiger partial charge >= 0.3 is 0 Å². The lowest BCUT2D eigenvalue weighted by molar-refractivity contribution is 0.403. The molecule has 3 aromatic carbocycles. The van der Waals surface area contributed by atoms with Crippen LogP contribution in [0.2, 0.25) is 10.0 Å². The summed E-state index contributed by atoms with van der Waals surface area (Å²) in [5, 5.41) is 12.5. The molecule has 0 bridgehead atoms. The van der Waals surface area contributed by atoms with E-state index in [4.69, 9.17) is 27.9 Å². The Balaban J connectivity index is 1.70. The smallest absolute Gasteiger partial charge is 0.234 e. The Labute approximate surface area is 199 Å². The van der Waals surface area contributed by atoms with Crippen LogP contribution in [0.1, 0.15) is 27.5 Å². The minimum absolute atomic E-state index is 0.282. The SMILES string of the molecule is Cc1cccc2c3c(sc12)C(c1ccc(Cl)cc1)C(C#N)=C(/N=C/c1ccc(Cl)cc1)O3. The molecular weight excluding hydrogens is 459 g/mol. The van der Waals surface area contributed by atoms with E-state index in [0.29, 0.717) is 21.5 Å².